The van der Waals surface area contributed by atoms with E-state index in [1.807, 2.05) is 55.7 Å². The molecule has 0 radical (unpaired) electrons. The molecule has 0 saturated carbocycles. The van der Waals surface area contributed by atoms with E-state index in [4.69, 9.17) is 15.6 Å². The van der Waals surface area contributed by atoms with Crippen molar-refractivity contribution in [3.63, 3.8) is 0 Å². The molecular formula is C42H59F2N5O8SSi. The number of alkyl carbamates (subject to hydrolysis) is 1. The first-order valence-corrected chi connectivity index (χ1v) is 24.5. The summed E-state index contributed by atoms with van der Waals surface area (Å²) in [6.07, 6.45) is 0.999. The first-order chi connectivity index (χ1) is 27.7. The summed E-state index contributed by atoms with van der Waals surface area (Å²) in [6.45, 7) is 13.6. The standard InChI is InChI=1S/C42H59F2N5O8SSi/c1-42(2,3)38(35-23-29(31-24-30(43)13-14-32(31)44)26-48(35)25-28-11-8-7-9-12-28)49(19-10-18-46-41(56)57-20-22-59(4,5)6)36(50)27-58-21-17-34(40(54)55)47-39(53)33(45)15-16-37(51)52/h7-9,11-14,23-24,26,33-34,38H,10,15-22,25,27,45H2,1-6H3,(H,46,56)(H,47,53)(H,51,52)(H,54,55)/t33-,34-,38-/m0/s1. The topological polar surface area (TPSA) is 193 Å². The zero-order valence-corrected chi connectivity index (χ0v) is 36.6. The number of nitrogens with one attached hydrogen (secondary N) is 2. The highest BCUT2D eigenvalue weighted by Gasteiger charge is 2.37. The Bertz CT molecular complexity index is 1890. The second-order valence-electron chi connectivity index (χ2n) is 16.8. The average Bonchev–Trinajstić information content (AvgIpc) is 3.55. The lowest BCUT2D eigenvalue weighted by Gasteiger charge is -2.41. The Hall–Kier alpha value is -4.74. The van der Waals surface area contributed by atoms with Crippen molar-refractivity contribution in [2.45, 2.75) is 96.8 Å². The van der Waals surface area contributed by atoms with Crippen molar-refractivity contribution < 1.29 is 47.7 Å². The Balaban J connectivity index is 1.92. The van der Waals surface area contributed by atoms with Crippen molar-refractivity contribution in [2.24, 2.45) is 11.1 Å². The highest BCUT2D eigenvalue weighted by atomic mass is 32.2. The molecule has 3 amide bonds. The predicted molar refractivity (Wildman–Crippen MR) is 228 cm³/mol. The summed E-state index contributed by atoms with van der Waals surface area (Å²) in [6, 6.07) is 12.3. The number of hydrogen-bond donors (Lipinski definition) is 5. The molecule has 59 heavy (non-hydrogen) atoms. The molecule has 0 spiro atoms. The van der Waals surface area contributed by atoms with Crippen LogP contribution >= 0.6 is 11.8 Å². The van der Waals surface area contributed by atoms with Gasteiger partial charge >= 0.3 is 18.0 Å². The van der Waals surface area contributed by atoms with Gasteiger partial charge in [-0.2, -0.15) is 11.8 Å². The number of carbonyl (C=O) groups is 5. The molecule has 3 aromatic rings. The van der Waals surface area contributed by atoms with Gasteiger partial charge in [0.05, 0.1) is 24.4 Å². The molecule has 0 aliphatic rings. The number of halogens is 2. The summed E-state index contributed by atoms with van der Waals surface area (Å²) in [4.78, 5) is 64.0. The van der Waals surface area contributed by atoms with Crippen molar-refractivity contribution in [1.82, 2.24) is 20.1 Å². The van der Waals surface area contributed by atoms with Crippen LogP contribution in [0.4, 0.5) is 13.6 Å². The van der Waals surface area contributed by atoms with Crippen LogP contribution in [0.25, 0.3) is 11.1 Å². The Morgan fingerprint density at radius 2 is 1.69 bits per heavy atom. The van der Waals surface area contributed by atoms with Crippen LogP contribution in [0.3, 0.4) is 0 Å². The third-order valence-electron chi connectivity index (χ3n) is 9.42. The number of carboxylic acids is 2. The summed E-state index contributed by atoms with van der Waals surface area (Å²) < 4.78 is 37.0. The normalized spacial score (nSPS) is 13.2. The lowest BCUT2D eigenvalue weighted by Crippen LogP contribution is -2.48. The number of nitrogens with two attached hydrogens (primary N) is 1. The Morgan fingerprint density at radius 1 is 1.00 bits per heavy atom. The predicted octanol–water partition coefficient (Wildman–Crippen LogP) is 6.74. The maximum atomic E-state index is 15.2. The van der Waals surface area contributed by atoms with E-state index in [1.165, 1.54) is 11.8 Å². The molecule has 0 aliphatic heterocycles. The van der Waals surface area contributed by atoms with Crippen LogP contribution in [-0.2, 0) is 30.5 Å². The van der Waals surface area contributed by atoms with Gasteiger partial charge in [0.15, 0.2) is 0 Å². The maximum Gasteiger partial charge on any atom is 0.407 e. The lowest BCUT2D eigenvalue weighted by atomic mass is 9.83. The van der Waals surface area contributed by atoms with Gasteiger partial charge in [0.1, 0.15) is 17.7 Å². The molecule has 0 fully saturated rings. The van der Waals surface area contributed by atoms with Gasteiger partial charge < -0.3 is 40.8 Å². The highest BCUT2D eigenvalue weighted by Crippen LogP contribution is 2.41. The van der Waals surface area contributed by atoms with Crippen molar-refractivity contribution in [1.29, 1.82) is 0 Å². The minimum atomic E-state index is -1.42. The summed E-state index contributed by atoms with van der Waals surface area (Å²) >= 11 is 1.18. The molecule has 0 aliphatic carbocycles. The number of nitrogens with zero attached hydrogens (tertiary/aromatic N) is 2. The zero-order valence-electron chi connectivity index (χ0n) is 34.8. The Morgan fingerprint density at radius 3 is 2.32 bits per heavy atom. The second kappa shape index (κ2) is 22.6. The van der Waals surface area contributed by atoms with Gasteiger partial charge in [0, 0.05) is 57.1 Å². The number of benzene rings is 2. The van der Waals surface area contributed by atoms with Crippen LogP contribution < -0.4 is 16.4 Å². The van der Waals surface area contributed by atoms with Crippen molar-refractivity contribution in [3.05, 3.63) is 83.7 Å². The number of thioether (sulfide) groups is 1. The van der Waals surface area contributed by atoms with E-state index < -0.39 is 67.2 Å². The zero-order chi connectivity index (χ0) is 43.9. The van der Waals surface area contributed by atoms with E-state index >= 15 is 4.39 Å². The average molecular weight is 860 g/mol. The van der Waals surface area contributed by atoms with Crippen LogP contribution in [0.15, 0.2) is 60.8 Å². The van der Waals surface area contributed by atoms with Crippen molar-refractivity contribution in [3.8, 4) is 11.1 Å². The minimum absolute atomic E-state index is 0.0421. The van der Waals surface area contributed by atoms with Crippen LogP contribution in [0.2, 0.25) is 25.7 Å². The van der Waals surface area contributed by atoms with Crippen LogP contribution in [0.1, 0.15) is 63.8 Å². The number of hydrogen-bond acceptors (Lipinski definition) is 8. The number of carboxylic acid groups (broad SMARTS) is 2. The summed E-state index contributed by atoms with van der Waals surface area (Å²) in [5, 5.41) is 23.8. The van der Waals surface area contributed by atoms with Gasteiger partial charge in [-0.25, -0.2) is 18.4 Å². The monoisotopic (exact) mass is 859 g/mol. The second-order valence-corrected chi connectivity index (χ2v) is 23.5. The smallest absolute Gasteiger partial charge is 0.407 e. The maximum absolute atomic E-state index is 15.2. The van der Waals surface area contributed by atoms with Crippen LogP contribution in [0, 0.1) is 17.0 Å². The number of aromatic nitrogens is 1. The molecule has 2 aromatic carbocycles. The van der Waals surface area contributed by atoms with E-state index in [1.54, 1.807) is 17.2 Å². The third kappa shape index (κ3) is 16.4. The largest absolute Gasteiger partial charge is 0.481 e. The van der Waals surface area contributed by atoms with Gasteiger partial charge in [-0.3, -0.25) is 14.4 Å². The summed E-state index contributed by atoms with van der Waals surface area (Å²) in [7, 11) is -1.42. The van der Waals surface area contributed by atoms with E-state index in [2.05, 4.69) is 30.3 Å². The molecule has 3 atom stereocenters. The molecule has 13 nitrogen and oxygen atoms in total. The molecular weight excluding hydrogens is 801 g/mol. The van der Waals surface area contributed by atoms with Crippen LogP contribution in [0.5, 0.6) is 0 Å². The first kappa shape index (κ1) is 48.6. The molecule has 17 heteroatoms. The van der Waals surface area contributed by atoms with Gasteiger partial charge in [0.2, 0.25) is 11.8 Å². The molecule has 0 bridgehead atoms. The number of rotatable bonds is 23. The number of ether oxygens (including phenoxy) is 1. The quantitative estimate of drug-likeness (QED) is 0.0504. The summed E-state index contributed by atoms with van der Waals surface area (Å²) in [5.74, 6) is -4.62. The first-order valence-electron chi connectivity index (χ1n) is 19.6. The summed E-state index contributed by atoms with van der Waals surface area (Å²) in [5.41, 5.74) is 7.26. The Labute approximate surface area is 350 Å². The van der Waals surface area contributed by atoms with E-state index in [9.17, 15) is 33.5 Å². The van der Waals surface area contributed by atoms with E-state index in [-0.39, 0.29) is 55.3 Å². The van der Waals surface area contributed by atoms with E-state index in [0.717, 1.165) is 29.8 Å². The van der Waals surface area contributed by atoms with Gasteiger partial charge in [-0.05, 0) is 66.3 Å². The third-order valence-corrected chi connectivity index (χ3v) is 12.1. The van der Waals surface area contributed by atoms with Gasteiger partial charge in [0.25, 0.3) is 0 Å². The van der Waals surface area contributed by atoms with Crippen LogP contribution in [-0.4, -0.2) is 101 Å². The fourth-order valence-electron chi connectivity index (χ4n) is 6.34. The molecule has 3 rings (SSSR count). The van der Waals surface area contributed by atoms with Gasteiger partial charge in [-0.1, -0.05) is 70.7 Å². The highest BCUT2D eigenvalue weighted by molar-refractivity contribution is 7.99. The minimum Gasteiger partial charge on any atom is -0.481 e. The number of aliphatic carboxylic acids is 2. The van der Waals surface area contributed by atoms with E-state index in [0.29, 0.717) is 30.8 Å². The SMILES string of the molecule is CC(C)(C)[C@H](c1cc(-c2cc(F)ccc2F)cn1Cc1ccccc1)N(CCCNC(=O)OCC[Si](C)(C)C)C(=O)CSCC[C@H](NC(=O)[C@@H](N)CCC(=O)O)C(=O)O. The molecule has 1 heterocycles. The van der Waals surface area contributed by atoms with Crippen molar-refractivity contribution in [2.75, 3.05) is 31.2 Å². The lowest BCUT2D eigenvalue weighted by molar-refractivity contribution is -0.142. The molecule has 1 aromatic heterocycles. The number of amides is 3. The fourth-order valence-corrected chi connectivity index (χ4v) is 7.94. The molecule has 6 N–H and O–H groups in total. The molecule has 0 saturated heterocycles. The molecule has 324 valence electrons. The molecule has 0 unspecified atom stereocenters. The fraction of sp³-hybridized carbons (Fsp3) is 0.500. The number of carbonyl (C=O) groups excluding carboxylic acids is 3. The Kier molecular flexibility index (Phi) is 18.6. The van der Waals surface area contributed by atoms with Crippen molar-refractivity contribution >= 4 is 49.7 Å². The van der Waals surface area contributed by atoms with Gasteiger partial charge in [-0.15, -0.1) is 0 Å².